The van der Waals surface area contributed by atoms with Crippen molar-refractivity contribution < 1.29 is 13.9 Å². The van der Waals surface area contributed by atoms with Crippen molar-refractivity contribution in [3.63, 3.8) is 0 Å². The van der Waals surface area contributed by atoms with Crippen molar-refractivity contribution in [1.29, 1.82) is 0 Å². The van der Waals surface area contributed by atoms with E-state index in [9.17, 15) is 4.79 Å². The maximum Gasteiger partial charge on any atom is 0.311 e. The normalized spacial score (nSPS) is 10.2. The Bertz CT molecular complexity index is 767. The van der Waals surface area contributed by atoms with Gasteiger partial charge in [-0.05, 0) is 36.4 Å². The molecule has 0 aliphatic rings. The average Bonchev–Trinajstić information content (AvgIpc) is 3.06. The lowest BCUT2D eigenvalue weighted by Crippen LogP contribution is -2.11. The van der Waals surface area contributed by atoms with Crippen LogP contribution in [0.5, 0.6) is 5.75 Å². The van der Waals surface area contributed by atoms with Crippen LogP contribution in [0.15, 0.2) is 59.4 Å². The molecule has 0 saturated heterocycles. The van der Waals surface area contributed by atoms with Gasteiger partial charge in [0.25, 0.3) is 5.89 Å². The maximum absolute atomic E-state index is 12.1. The number of oxazole rings is 1. The molecule has 1 amide bonds. The average molecular weight is 295 g/mol. The molecule has 2 aromatic heterocycles. The Hall–Kier alpha value is -3.15. The lowest BCUT2D eigenvalue weighted by Gasteiger charge is -2.01. The van der Waals surface area contributed by atoms with Gasteiger partial charge in [-0.1, -0.05) is 0 Å². The number of aromatic nitrogens is 2. The summed E-state index contributed by atoms with van der Waals surface area (Å²) in [6.07, 6.45) is 4.70. The van der Waals surface area contributed by atoms with Crippen LogP contribution in [0.1, 0.15) is 10.7 Å². The number of amides is 1. The second-order valence-corrected chi connectivity index (χ2v) is 4.45. The van der Waals surface area contributed by atoms with Crippen LogP contribution in [0.4, 0.5) is 5.69 Å². The summed E-state index contributed by atoms with van der Waals surface area (Å²) >= 11 is 0. The number of hydrogen-bond donors (Lipinski definition) is 1. The molecule has 6 heteroatoms. The van der Waals surface area contributed by atoms with Crippen molar-refractivity contribution in [2.75, 3.05) is 12.4 Å². The molecule has 110 valence electrons. The number of hydrogen-bond acceptors (Lipinski definition) is 5. The third-order valence-electron chi connectivity index (χ3n) is 3.01. The molecule has 0 aliphatic carbocycles. The van der Waals surface area contributed by atoms with Crippen molar-refractivity contribution in [3.8, 4) is 17.1 Å². The number of nitrogens with zero attached hydrogens (tertiary/aromatic N) is 2. The summed E-state index contributed by atoms with van der Waals surface area (Å²) < 4.78 is 10.6. The molecule has 1 aromatic carbocycles. The van der Waals surface area contributed by atoms with Gasteiger partial charge in [-0.25, -0.2) is 4.98 Å². The number of rotatable bonds is 4. The van der Waals surface area contributed by atoms with Crippen molar-refractivity contribution in [2.45, 2.75) is 0 Å². The van der Waals surface area contributed by atoms with E-state index in [0.717, 1.165) is 11.3 Å². The highest BCUT2D eigenvalue weighted by Crippen LogP contribution is 2.23. The highest BCUT2D eigenvalue weighted by atomic mass is 16.5. The molecule has 0 radical (unpaired) electrons. The van der Waals surface area contributed by atoms with Gasteiger partial charge in [-0.2, -0.15) is 0 Å². The Morgan fingerprint density at radius 3 is 2.55 bits per heavy atom. The van der Waals surface area contributed by atoms with E-state index in [1.165, 1.54) is 6.20 Å². The van der Waals surface area contributed by atoms with Crippen molar-refractivity contribution in [1.82, 2.24) is 9.97 Å². The van der Waals surface area contributed by atoms with Crippen LogP contribution in [0.3, 0.4) is 0 Å². The van der Waals surface area contributed by atoms with Gasteiger partial charge >= 0.3 is 5.91 Å². The second-order valence-electron chi connectivity index (χ2n) is 4.45. The van der Waals surface area contributed by atoms with Gasteiger partial charge in [0.2, 0.25) is 0 Å². The zero-order valence-corrected chi connectivity index (χ0v) is 11.8. The first kappa shape index (κ1) is 13.8. The topological polar surface area (TPSA) is 77.2 Å². The number of benzene rings is 1. The van der Waals surface area contributed by atoms with E-state index in [1.54, 1.807) is 31.6 Å². The van der Waals surface area contributed by atoms with Crippen LogP contribution in [0, 0.1) is 0 Å². The number of methoxy groups -OCH3 is 1. The predicted octanol–water partition coefficient (Wildman–Crippen LogP) is 3.00. The van der Waals surface area contributed by atoms with Gasteiger partial charge in [0.05, 0.1) is 13.3 Å². The van der Waals surface area contributed by atoms with E-state index in [-0.39, 0.29) is 5.89 Å². The zero-order valence-electron chi connectivity index (χ0n) is 11.8. The summed E-state index contributed by atoms with van der Waals surface area (Å²) in [5.74, 6) is 0.857. The van der Waals surface area contributed by atoms with E-state index >= 15 is 0 Å². The zero-order chi connectivity index (χ0) is 15.4. The number of ether oxygens (including phenoxy) is 1. The SMILES string of the molecule is COc1ccc(-c2cnc(C(=O)Nc3ccncc3)o2)cc1. The van der Waals surface area contributed by atoms with Crippen molar-refractivity contribution in [3.05, 3.63) is 60.9 Å². The van der Waals surface area contributed by atoms with E-state index in [2.05, 4.69) is 15.3 Å². The summed E-state index contributed by atoms with van der Waals surface area (Å²) in [6, 6.07) is 10.7. The van der Waals surface area contributed by atoms with Gasteiger partial charge in [0.15, 0.2) is 5.76 Å². The molecule has 1 N–H and O–H groups in total. The maximum atomic E-state index is 12.1. The molecular weight excluding hydrogens is 282 g/mol. The lowest BCUT2D eigenvalue weighted by molar-refractivity contribution is 0.0991. The summed E-state index contributed by atoms with van der Waals surface area (Å²) in [5.41, 5.74) is 1.44. The highest BCUT2D eigenvalue weighted by molar-refractivity contribution is 6.01. The molecule has 0 bridgehead atoms. The van der Waals surface area contributed by atoms with E-state index in [1.807, 2.05) is 24.3 Å². The summed E-state index contributed by atoms with van der Waals surface area (Å²) in [5, 5.41) is 2.69. The Labute approximate surface area is 126 Å². The summed E-state index contributed by atoms with van der Waals surface area (Å²) in [7, 11) is 1.60. The van der Waals surface area contributed by atoms with Gasteiger partial charge in [0.1, 0.15) is 5.75 Å². The molecular formula is C16H13N3O3. The number of carbonyl (C=O) groups excluding carboxylic acids is 1. The highest BCUT2D eigenvalue weighted by Gasteiger charge is 2.14. The quantitative estimate of drug-likeness (QED) is 0.800. The van der Waals surface area contributed by atoms with Crippen LogP contribution in [0.25, 0.3) is 11.3 Å². The molecule has 3 rings (SSSR count). The number of nitrogens with one attached hydrogen (secondary N) is 1. The largest absolute Gasteiger partial charge is 0.497 e. The minimum atomic E-state index is -0.411. The van der Waals surface area contributed by atoms with Gasteiger partial charge in [-0.3, -0.25) is 9.78 Å². The van der Waals surface area contributed by atoms with Crippen LogP contribution >= 0.6 is 0 Å². The van der Waals surface area contributed by atoms with E-state index in [0.29, 0.717) is 11.4 Å². The fourth-order valence-electron chi connectivity index (χ4n) is 1.89. The molecule has 0 saturated carbocycles. The second kappa shape index (κ2) is 6.09. The number of anilines is 1. The molecule has 0 spiro atoms. The number of pyridine rings is 1. The Morgan fingerprint density at radius 2 is 1.86 bits per heavy atom. The molecule has 3 aromatic rings. The van der Waals surface area contributed by atoms with Crippen LogP contribution < -0.4 is 10.1 Å². The molecule has 0 fully saturated rings. The Kier molecular flexibility index (Phi) is 3.82. The smallest absolute Gasteiger partial charge is 0.311 e. The first-order chi connectivity index (χ1) is 10.8. The monoisotopic (exact) mass is 295 g/mol. The summed E-state index contributed by atoms with van der Waals surface area (Å²) in [4.78, 5) is 19.9. The van der Waals surface area contributed by atoms with Crippen LogP contribution in [-0.4, -0.2) is 23.0 Å². The number of carbonyl (C=O) groups is 1. The standard InChI is InChI=1S/C16H13N3O3/c1-21-13-4-2-11(3-5-13)14-10-18-16(22-14)15(20)19-12-6-8-17-9-7-12/h2-10H,1H3,(H,17,19,20). The molecule has 0 unspecified atom stereocenters. The van der Waals surface area contributed by atoms with E-state index in [4.69, 9.17) is 9.15 Å². The molecule has 2 heterocycles. The van der Waals surface area contributed by atoms with Gasteiger partial charge in [0, 0.05) is 23.6 Å². The minimum Gasteiger partial charge on any atom is -0.497 e. The Balaban J connectivity index is 1.76. The molecule has 22 heavy (non-hydrogen) atoms. The Morgan fingerprint density at radius 1 is 1.14 bits per heavy atom. The third kappa shape index (κ3) is 2.95. The lowest BCUT2D eigenvalue weighted by atomic mass is 10.2. The van der Waals surface area contributed by atoms with Crippen molar-refractivity contribution >= 4 is 11.6 Å². The first-order valence-electron chi connectivity index (χ1n) is 6.58. The minimum absolute atomic E-state index is 0.00244. The molecule has 0 aliphatic heterocycles. The molecule has 6 nitrogen and oxygen atoms in total. The fourth-order valence-corrected chi connectivity index (χ4v) is 1.89. The van der Waals surface area contributed by atoms with Gasteiger partial charge in [-0.15, -0.1) is 0 Å². The predicted molar refractivity (Wildman–Crippen MR) is 80.7 cm³/mol. The van der Waals surface area contributed by atoms with Gasteiger partial charge < -0.3 is 14.5 Å². The van der Waals surface area contributed by atoms with Crippen LogP contribution in [-0.2, 0) is 0 Å². The first-order valence-corrected chi connectivity index (χ1v) is 6.58. The van der Waals surface area contributed by atoms with E-state index < -0.39 is 5.91 Å². The summed E-state index contributed by atoms with van der Waals surface area (Å²) in [6.45, 7) is 0. The van der Waals surface area contributed by atoms with Crippen molar-refractivity contribution in [2.24, 2.45) is 0 Å². The fraction of sp³-hybridized carbons (Fsp3) is 0.0625. The third-order valence-corrected chi connectivity index (χ3v) is 3.01. The van der Waals surface area contributed by atoms with Crippen LogP contribution in [0.2, 0.25) is 0 Å². The molecule has 0 atom stereocenters.